The number of rotatable bonds is 0. The highest BCUT2D eigenvalue weighted by molar-refractivity contribution is 7.66. The largest absolute Gasteiger partial charge is 0.377 e. The zero-order chi connectivity index (χ0) is 20.1. The van der Waals surface area contributed by atoms with Crippen LogP contribution in [-0.2, 0) is 32.0 Å². The average molecular weight is 416 g/mol. The maximum Gasteiger partial charge on any atom is 0.260 e. The first-order valence-electron chi connectivity index (χ1n) is 10.2. The second-order valence-corrected chi connectivity index (χ2v) is 10.1. The van der Waals surface area contributed by atoms with E-state index in [-0.39, 0.29) is 0 Å². The molecule has 0 aromatic heterocycles. The van der Waals surface area contributed by atoms with Crippen LogP contribution in [0.2, 0.25) is 0 Å². The summed E-state index contributed by atoms with van der Waals surface area (Å²) in [5.41, 5.74) is 4.12. The van der Waals surface area contributed by atoms with Gasteiger partial charge < -0.3 is 23.6 Å². The lowest BCUT2D eigenvalue weighted by Crippen LogP contribution is -2.39. The Balaban J connectivity index is 1.66. The van der Waals surface area contributed by atoms with Gasteiger partial charge in [0.25, 0.3) is 7.44 Å². The number of fused-ring (bicyclic) bond motifs is 8. The number of nitrogens with zero attached hydrogens (tertiary/aromatic N) is 2. The first kappa shape index (κ1) is 20.4. The summed E-state index contributed by atoms with van der Waals surface area (Å²) >= 11 is 0. The molecule has 2 heterocycles. The summed E-state index contributed by atoms with van der Waals surface area (Å²) in [7, 11) is -2.77. The van der Waals surface area contributed by atoms with Gasteiger partial charge in [-0.15, -0.1) is 0 Å². The predicted molar refractivity (Wildman–Crippen MR) is 116 cm³/mol. The summed E-state index contributed by atoms with van der Waals surface area (Å²) in [5, 5.41) is 0. The van der Waals surface area contributed by atoms with Crippen LogP contribution in [0.25, 0.3) is 0 Å². The van der Waals surface area contributed by atoms with E-state index >= 15 is 0 Å². The molecule has 4 rings (SSSR count). The van der Waals surface area contributed by atoms with Crippen LogP contribution < -0.4 is 9.34 Å². The minimum absolute atomic E-state index is 0.515. The van der Waals surface area contributed by atoms with Gasteiger partial charge in [0.15, 0.2) is 0 Å². The molecule has 6 bridgehead atoms. The predicted octanol–water partition coefficient (Wildman–Crippen LogP) is 4.29. The summed E-state index contributed by atoms with van der Waals surface area (Å²) in [6, 6.07) is 16.4. The Bertz CT molecular complexity index is 810. The number of ether oxygens (including phenoxy) is 3. The summed E-state index contributed by atoms with van der Waals surface area (Å²) in [4.78, 5) is 0. The third-order valence-corrected chi connectivity index (χ3v) is 7.99. The minimum atomic E-state index is -2.77. The minimum Gasteiger partial charge on any atom is -0.377 e. The van der Waals surface area contributed by atoms with E-state index in [1.807, 2.05) is 43.1 Å². The Hall–Kier alpha value is -1.85. The third kappa shape index (κ3) is 4.84. The van der Waals surface area contributed by atoms with Gasteiger partial charge in [-0.05, 0) is 41.8 Å². The number of benzene rings is 2. The van der Waals surface area contributed by atoms with Crippen LogP contribution in [0.3, 0.4) is 0 Å². The molecule has 1 fully saturated rings. The maximum atomic E-state index is 14.0. The molecule has 0 unspecified atom stereocenters. The molecule has 6 nitrogen and oxygen atoms in total. The molecule has 0 saturated carbocycles. The van der Waals surface area contributed by atoms with Crippen molar-refractivity contribution in [2.45, 2.75) is 19.6 Å². The van der Waals surface area contributed by atoms with Gasteiger partial charge in [0.1, 0.15) is 0 Å². The second-order valence-electron chi connectivity index (χ2n) is 7.49. The van der Waals surface area contributed by atoms with Crippen molar-refractivity contribution in [2.24, 2.45) is 0 Å². The van der Waals surface area contributed by atoms with E-state index in [1.54, 1.807) is 0 Å². The Kier molecular flexibility index (Phi) is 6.56. The Labute approximate surface area is 172 Å². The van der Waals surface area contributed by atoms with Crippen molar-refractivity contribution in [3.63, 3.8) is 0 Å². The van der Waals surface area contributed by atoms with Crippen molar-refractivity contribution in [2.75, 3.05) is 55.5 Å². The molecule has 0 N–H and O–H groups in total. The molecule has 0 aliphatic carbocycles. The molecule has 0 radical (unpaired) electrons. The smallest absolute Gasteiger partial charge is 0.260 e. The fraction of sp³-hybridized carbons (Fsp3) is 0.455. The van der Waals surface area contributed by atoms with Crippen LogP contribution in [0.15, 0.2) is 48.5 Å². The number of anilines is 2. The molecule has 0 atom stereocenters. The van der Waals surface area contributed by atoms with E-state index in [2.05, 4.69) is 21.5 Å². The van der Waals surface area contributed by atoms with Gasteiger partial charge >= 0.3 is 0 Å². The van der Waals surface area contributed by atoms with E-state index in [4.69, 9.17) is 14.2 Å². The van der Waals surface area contributed by atoms with E-state index in [1.165, 1.54) is 0 Å². The van der Waals surface area contributed by atoms with Gasteiger partial charge in [-0.3, -0.25) is 4.57 Å². The summed E-state index contributed by atoms with van der Waals surface area (Å²) < 4.78 is 35.2. The Morgan fingerprint density at radius 2 is 1.24 bits per heavy atom. The first-order chi connectivity index (χ1) is 14.1. The lowest BCUT2D eigenvalue weighted by molar-refractivity contribution is 0.00705. The average Bonchev–Trinajstić information content (AvgIpc) is 2.72. The number of hydrogen-bond acceptors (Lipinski definition) is 4. The zero-order valence-electron chi connectivity index (χ0n) is 17.0. The highest BCUT2D eigenvalue weighted by atomic mass is 31.2. The van der Waals surface area contributed by atoms with E-state index in [0.29, 0.717) is 39.6 Å². The number of hydrogen-bond donors (Lipinski definition) is 0. The topological polar surface area (TPSA) is 51.2 Å². The molecule has 2 aromatic rings. The normalized spacial score (nSPS) is 20.6. The Morgan fingerprint density at radius 3 is 1.76 bits per heavy atom. The first-order valence-corrected chi connectivity index (χ1v) is 12.3. The summed E-state index contributed by atoms with van der Waals surface area (Å²) in [6.45, 7) is 6.63. The van der Waals surface area contributed by atoms with Crippen LogP contribution in [0.1, 0.15) is 17.5 Å². The second kappa shape index (κ2) is 9.31. The van der Waals surface area contributed by atoms with Gasteiger partial charge in [0.05, 0.1) is 39.6 Å². The van der Waals surface area contributed by atoms with Crippen molar-refractivity contribution in [1.29, 1.82) is 0 Å². The third-order valence-electron chi connectivity index (χ3n) is 5.33. The van der Waals surface area contributed by atoms with Crippen molar-refractivity contribution in [1.82, 2.24) is 0 Å². The Morgan fingerprint density at radius 1 is 0.759 bits per heavy atom. The maximum absolute atomic E-state index is 14.0. The molecule has 1 saturated heterocycles. The standard InChI is InChI=1S/C22H29N2O4P/c1-29(25)23-9-4-10-24(29)22-8-3-6-20(16-22)18-28-14-12-26-11-13-27-17-19-5-2-7-21(23)15-19/h2-3,5-8,15-16H,4,9-14,17-18H2,1H3. The van der Waals surface area contributed by atoms with Gasteiger partial charge in [0, 0.05) is 31.1 Å². The van der Waals surface area contributed by atoms with Crippen LogP contribution in [0.5, 0.6) is 0 Å². The molecule has 0 spiro atoms. The lowest BCUT2D eigenvalue weighted by Gasteiger charge is -2.44. The fourth-order valence-corrected chi connectivity index (χ4v) is 6.28. The molecule has 2 aromatic carbocycles. The molecule has 2 aliphatic rings. The molecular weight excluding hydrogens is 387 g/mol. The van der Waals surface area contributed by atoms with E-state index in [9.17, 15) is 4.57 Å². The van der Waals surface area contributed by atoms with E-state index < -0.39 is 7.44 Å². The monoisotopic (exact) mass is 416 g/mol. The van der Waals surface area contributed by atoms with Crippen LogP contribution in [-0.4, -0.2) is 46.2 Å². The van der Waals surface area contributed by atoms with Crippen LogP contribution in [0, 0.1) is 0 Å². The highest BCUT2D eigenvalue weighted by Crippen LogP contribution is 2.56. The molecule has 156 valence electrons. The van der Waals surface area contributed by atoms with Crippen molar-refractivity contribution >= 4 is 18.8 Å². The van der Waals surface area contributed by atoms with Gasteiger partial charge in [-0.25, -0.2) is 0 Å². The van der Waals surface area contributed by atoms with Crippen molar-refractivity contribution < 1.29 is 18.8 Å². The van der Waals surface area contributed by atoms with Gasteiger partial charge in [-0.2, -0.15) is 0 Å². The van der Waals surface area contributed by atoms with Gasteiger partial charge in [-0.1, -0.05) is 24.3 Å². The summed E-state index contributed by atoms with van der Waals surface area (Å²) in [6.07, 6.45) is 0.955. The van der Waals surface area contributed by atoms with Crippen molar-refractivity contribution in [3.05, 3.63) is 59.7 Å². The highest BCUT2D eigenvalue weighted by Gasteiger charge is 2.36. The molecule has 0 amide bonds. The zero-order valence-corrected chi connectivity index (χ0v) is 17.9. The van der Waals surface area contributed by atoms with Crippen LogP contribution in [0.4, 0.5) is 11.4 Å². The van der Waals surface area contributed by atoms with Crippen molar-refractivity contribution in [3.8, 4) is 0 Å². The fourth-order valence-electron chi connectivity index (χ4n) is 3.89. The lowest BCUT2D eigenvalue weighted by atomic mass is 10.2. The van der Waals surface area contributed by atoms with E-state index in [0.717, 1.165) is 42.0 Å². The SMILES string of the molecule is CP1(=O)N2CCCN1c1cccc(c1)COCCOCCOCc1cccc2c1. The van der Waals surface area contributed by atoms with Crippen LogP contribution >= 0.6 is 7.44 Å². The molecular formula is C22H29N2O4P. The molecule has 2 aliphatic heterocycles. The molecule has 7 heteroatoms. The summed E-state index contributed by atoms with van der Waals surface area (Å²) in [5.74, 6) is 0. The quantitative estimate of drug-likeness (QED) is 0.598. The van der Waals surface area contributed by atoms with Gasteiger partial charge in [0.2, 0.25) is 0 Å². The molecule has 29 heavy (non-hydrogen) atoms.